The second-order valence-electron chi connectivity index (χ2n) is 8.79. The Kier molecular flexibility index (Phi) is 8.21. The standard InChI is InChI=1S/C23H30N6O5S2/c1-4-26-36(31,32)20-11-17(27-22-29-25-13-33-22)9-10-18(20)19-12-24-21(35-19)15-5-7-16(8-6-15)28-23(30)34-14(2)3/h9-16,26H,4-8H2,1-3H3,(H,27,29)(H,28,30). The number of carbonyl (C=O) groups is 1. The fourth-order valence-corrected chi connectivity index (χ4v) is 6.62. The van der Waals surface area contributed by atoms with Crippen LogP contribution in [-0.2, 0) is 14.8 Å². The zero-order valence-electron chi connectivity index (χ0n) is 20.4. The third-order valence-corrected chi connectivity index (χ3v) is 8.53. The first-order valence-electron chi connectivity index (χ1n) is 11.8. The van der Waals surface area contributed by atoms with Crippen molar-refractivity contribution in [1.82, 2.24) is 25.2 Å². The van der Waals surface area contributed by atoms with E-state index in [0.717, 1.165) is 35.6 Å². The average Bonchev–Trinajstić information content (AvgIpc) is 3.51. The highest BCUT2D eigenvalue weighted by Gasteiger charge is 2.27. The van der Waals surface area contributed by atoms with Gasteiger partial charge >= 0.3 is 12.1 Å². The first-order chi connectivity index (χ1) is 17.2. The molecule has 0 unspecified atom stereocenters. The first kappa shape index (κ1) is 26.0. The molecule has 0 bridgehead atoms. The summed E-state index contributed by atoms with van der Waals surface area (Å²) in [6, 6.07) is 5.31. The van der Waals surface area contributed by atoms with E-state index in [1.807, 2.05) is 13.8 Å². The fourth-order valence-electron chi connectivity index (χ4n) is 4.15. The van der Waals surface area contributed by atoms with E-state index in [0.29, 0.717) is 11.3 Å². The van der Waals surface area contributed by atoms with Crippen molar-refractivity contribution >= 4 is 39.2 Å². The van der Waals surface area contributed by atoms with Gasteiger partial charge in [-0.1, -0.05) is 18.1 Å². The first-order valence-corrected chi connectivity index (χ1v) is 14.1. The fraction of sp³-hybridized carbons (Fsp3) is 0.478. The molecule has 1 amide bonds. The number of nitrogens with zero attached hydrogens (tertiary/aromatic N) is 3. The zero-order chi connectivity index (χ0) is 25.7. The van der Waals surface area contributed by atoms with Gasteiger partial charge in [-0.2, -0.15) is 0 Å². The van der Waals surface area contributed by atoms with Crippen LogP contribution in [0.2, 0.25) is 0 Å². The number of benzene rings is 1. The lowest BCUT2D eigenvalue weighted by Gasteiger charge is -2.28. The molecule has 1 aromatic carbocycles. The highest BCUT2D eigenvalue weighted by molar-refractivity contribution is 7.89. The maximum Gasteiger partial charge on any atom is 0.407 e. The van der Waals surface area contributed by atoms with Crippen LogP contribution in [0.5, 0.6) is 0 Å². The van der Waals surface area contributed by atoms with Gasteiger partial charge in [0.2, 0.25) is 16.4 Å². The lowest BCUT2D eigenvalue weighted by atomic mass is 9.86. The number of sulfonamides is 1. The Balaban J connectivity index is 1.51. The minimum atomic E-state index is -3.76. The van der Waals surface area contributed by atoms with Crippen LogP contribution in [0.15, 0.2) is 40.1 Å². The number of rotatable bonds is 9. The van der Waals surface area contributed by atoms with Crippen LogP contribution in [0.4, 0.5) is 16.5 Å². The third-order valence-electron chi connectivity index (χ3n) is 5.75. The molecule has 3 aromatic rings. The molecule has 194 valence electrons. The third kappa shape index (κ3) is 6.39. The Hall–Kier alpha value is -3.03. The van der Waals surface area contributed by atoms with Crippen molar-refractivity contribution in [2.45, 2.75) is 69.4 Å². The number of hydrogen-bond acceptors (Lipinski definition) is 10. The summed E-state index contributed by atoms with van der Waals surface area (Å²) >= 11 is 1.50. The van der Waals surface area contributed by atoms with E-state index in [4.69, 9.17) is 9.15 Å². The normalized spacial score (nSPS) is 18.2. The highest BCUT2D eigenvalue weighted by atomic mass is 32.2. The van der Waals surface area contributed by atoms with Crippen LogP contribution in [-0.4, -0.2) is 48.4 Å². The number of carbonyl (C=O) groups excluding carboxylic acids is 1. The molecular weight excluding hydrogens is 504 g/mol. The van der Waals surface area contributed by atoms with Gasteiger partial charge in [-0.25, -0.2) is 22.9 Å². The molecule has 11 nitrogen and oxygen atoms in total. The molecule has 3 N–H and O–H groups in total. The molecule has 0 aliphatic heterocycles. The predicted molar refractivity (Wildman–Crippen MR) is 136 cm³/mol. The molecule has 36 heavy (non-hydrogen) atoms. The molecular formula is C23H30N6O5S2. The number of alkyl carbamates (subject to hydrolysis) is 1. The molecule has 1 fully saturated rings. The molecule has 0 saturated heterocycles. The van der Waals surface area contributed by atoms with E-state index in [-0.39, 0.29) is 41.6 Å². The lowest BCUT2D eigenvalue weighted by molar-refractivity contribution is 0.109. The van der Waals surface area contributed by atoms with Crippen molar-refractivity contribution in [2.24, 2.45) is 0 Å². The van der Waals surface area contributed by atoms with E-state index in [2.05, 4.69) is 30.5 Å². The highest BCUT2D eigenvalue weighted by Crippen LogP contribution is 2.40. The van der Waals surface area contributed by atoms with Crippen molar-refractivity contribution in [1.29, 1.82) is 0 Å². The summed E-state index contributed by atoms with van der Waals surface area (Å²) in [5, 5.41) is 14.2. The molecule has 4 rings (SSSR count). The van der Waals surface area contributed by atoms with Gasteiger partial charge in [-0.3, -0.25) is 0 Å². The number of thiazole rings is 1. The van der Waals surface area contributed by atoms with Crippen molar-refractivity contribution in [3.8, 4) is 10.4 Å². The summed E-state index contributed by atoms with van der Waals surface area (Å²) < 4.78 is 38.9. The Bertz CT molecular complexity index is 1270. The van der Waals surface area contributed by atoms with Gasteiger partial charge in [0, 0.05) is 36.0 Å². The van der Waals surface area contributed by atoms with Crippen LogP contribution in [0.25, 0.3) is 10.4 Å². The van der Waals surface area contributed by atoms with Crippen molar-refractivity contribution in [3.05, 3.63) is 35.8 Å². The summed E-state index contributed by atoms with van der Waals surface area (Å²) in [4.78, 5) is 17.4. The number of anilines is 2. The number of hydrogen-bond donors (Lipinski definition) is 3. The molecule has 0 atom stereocenters. The second-order valence-corrected chi connectivity index (χ2v) is 11.6. The molecule has 13 heteroatoms. The molecule has 1 aliphatic rings. The molecule has 0 radical (unpaired) electrons. The summed E-state index contributed by atoms with van der Waals surface area (Å²) in [6.07, 6.45) is 5.83. The predicted octanol–water partition coefficient (Wildman–Crippen LogP) is 4.40. The Morgan fingerprint density at radius 3 is 2.69 bits per heavy atom. The number of nitrogens with one attached hydrogen (secondary N) is 3. The monoisotopic (exact) mass is 534 g/mol. The molecule has 0 spiro atoms. The van der Waals surface area contributed by atoms with E-state index >= 15 is 0 Å². The maximum absolute atomic E-state index is 13.0. The van der Waals surface area contributed by atoms with Crippen LogP contribution in [0.3, 0.4) is 0 Å². The average molecular weight is 535 g/mol. The summed E-state index contributed by atoms with van der Waals surface area (Å²) in [5.41, 5.74) is 1.08. The van der Waals surface area contributed by atoms with Gasteiger partial charge in [0.1, 0.15) is 0 Å². The topological polar surface area (TPSA) is 148 Å². The van der Waals surface area contributed by atoms with Gasteiger partial charge in [0.25, 0.3) is 0 Å². The van der Waals surface area contributed by atoms with Crippen molar-refractivity contribution < 1.29 is 22.4 Å². The molecule has 2 heterocycles. The number of amides is 1. The Labute approximate surface area is 214 Å². The van der Waals surface area contributed by atoms with E-state index in [1.165, 1.54) is 17.7 Å². The van der Waals surface area contributed by atoms with Gasteiger partial charge in [0.15, 0.2) is 0 Å². The smallest absolute Gasteiger partial charge is 0.407 e. The van der Waals surface area contributed by atoms with Gasteiger partial charge in [-0.05, 0) is 51.7 Å². The minimum Gasteiger partial charge on any atom is -0.447 e. The molecule has 1 aliphatic carbocycles. The van der Waals surface area contributed by atoms with E-state index < -0.39 is 10.0 Å². The van der Waals surface area contributed by atoms with Crippen LogP contribution < -0.4 is 15.4 Å². The van der Waals surface area contributed by atoms with Gasteiger partial charge in [0.05, 0.1) is 20.9 Å². The largest absolute Gasteiger partial charge is 0.447 e. The van der Waals surface area contributed by atoms with E-state index in [9.17, 15) is 13.2 Å². The quantitative estimate of drug-likeness (QED) is 0.363. The van der Waals surface area contributed by atoms with Crippen LogP contribution in [0, 0.1) is 0 Å². The van der Waals surface area contributed by atoms with Crippen LogP contribution in [0.1, 0.15) is 57.4 Å². The SMILES string of the molecule is CCNS(=O)(=O)c1cc(Nc2nnco2)ccc1-c1cnc(C2CCC(NC(=O)OC(C)C)CC2)s1. The lowest BCUT2D eigenvalue weighted by Crippen LogP contribution is -2.38. The summed E-state index contributed by atoms with van der Waals surface area (Å²) in [7, 11) is -3.76. The Morgan fingerprint density at radius 1 is 1.25 bits per heavy atom. The number of aromatic nitrogens is 3. The van der Waals surface area contributed by atoms with Crippen molar-refractivity contribution in [2.75, 3.05) is 11.9 Å². The second kappa shape index (κ2) is 11.4. The summed E-state index contributed by atoms with van der Waals surface area (Å²) in [6.45, 7) is 5.64. The number of ether oxygens (including phenoxy) is 1. The molecule has 2 aromatic heterocycles. The minimum absolute atomic E-state index is 0.0858. The maximum atomic E-state index is 13.0. The van der Waals surface area contributed by atoms with Crippen molar-refractivity contribution in [3.63, 3.8) is 0 Å². The van der Waals surface area contributed by atoms with Gasteiger partial charge < -0.3 is 19.8 Å². The Morgan fingerprint density at radius 2 is 2.03 bits per heavy atom. The molecule has 1 saturated carbocycles. The van der Waals surface area contributed by atoms with Gasteiger partial charge in [-0.15, -0.1) is 16.4 Å². The van der Waals surface area contributed by atoms with Crippen LogP contribution >= 0.6 is 11.3 Å². The summed E-state index contributed by atoms with van der Waals surface area (Å²) in [5.74, 6) is 0.259. The zero-order valence-corrected chi connectivity index (χ0v) is 22.0. The van der Waals surface area contributed by atoms with E-state index in [1.54, 1.807) is 31.3 Å².